The van der Waals surface area contributed by atoms with E-state index in [4.69, 9.17) is 44.3 Å². The second kappa shape index (κ2) is 10.3. The largest absolute Gasteiger partial charge is 0.490 e. The number of benzene rings is 2. The predicted octanol–water partition coefficient (Wildman–Crippen LogP) is 6.51. The van der Waals surface area contributed by atoms with E-state index in [1.165, 1.54) is 0 Å². The Morgan fingerprint density at radius 1 is 0.923 bits per heavy atom. The first-order chi connectivity index (χ1) is 12.4. The first kappa shape index (κ1) is 21.2. The lowest BCUT2D eigenvalue weighted by atomic mass is 10.1. The Kier molecular flexibility index (Phi) is 8.36. The third-order valence-corrected chi connectivity index (χ3v) is 5.02. The number of halogens is 3. The molecule has 2 aromatic rings. The lowest BCUT2D eigenvalue weighted by Gasteiger charge is -2.17. The Balaban J connectivity index is 2.16. The molecule has 26 heavy (non-hydrogen) atoms. The number of hydrogen-bond acceptors (Lipinski definition) is 3. The van der Waals surface area contributed by atoms with Gasteiger partial charge in [0.15, 0.2) is 11.5 Å². The van der Waals surface area contributed by atoms with Crippen LogP contribution in [0.15, 0.2) is 30.3 Å². The zero-order valence-electron chi connectivity index (χ0n) is 15.2. The second-order valence-electron chi connectivity index (χ2n) is 6.07. The minimum atomic E-state index is 0.321. The molecule has 2 aromatic carbocycles. The summed E-state index contributed by atoms with van der Waals surface area (Å²) in [6.07, 6.45) is 1.07. The molecule has 0 saturated heterocycles. The molecular formula is C20H24Cl3NO2. The van der Waals surface area contributed by atoms with Crippen LogP contribution in [-0.2, 0) is 13.2 Å². The van der Waals surface area contributed by atoms with Gasteiger partial charge in [0, 0.05) is 12.6 Å². The van der Waals surface area contributed by atoms with Crippen LogP contribution in [0.2, 0.25) is 15.1 Å². The summed E-state index contributed by atoms with van der Waals surface area (Å²) >= 11 is 18.5. The number of ether oxygens (including phenoxy) is 2. The van der Waals surface area contributed by atoms with E-state index in [1.54, 1.807) is 12.1 Å². The quantitative estimate of drug-likeness (QED) is 0.505. The van der Waals surface area contributed by atoms with Crippen molar-refractivity contribution in [2.45, 2.75) is 46.4 Å². The van der Waals surface area contributed by atoms with E-state index in [0.717, 1.165) is 24.1 Å². The standard InChI is InChI=1S/C20H24Cl3NO2/c1-4-13(3)24-11-15-9-18(23)20(19(10-15)25-5-2)26-12-14-6-7-16(21)17(22)8-14/h6-10,13,24H,4-5,11-12H2,1-3H3/t13-/m0/s1. The molecule has 0 aliphatic carbocycles. The predicted molar refractivity (Wildman–Crippen MR) is 110 cm³/mol. The molecule has 0 unspecified atom stereocenters. The van der Waals surface area contributed by atoms with Crippen molar-refractivity contribution in [3.05, 3.63) is 56.5 Å². The zero-order chi connectivity index (χ0) is 19.1. The molecule has 1 N–H and O–H groups in total. The Morgan fingerprint density at radius 3 is 2.31 bits per heavy atom. The summed E-state index contributed by atoms with van der Waals surface area (Å²) in [6, 6.07) is 9.71. The van der Waals surface area contributed by atoms with Crippen LogP contribution < -0.4 is 14.8 Å². The Labute approximate surface area is 170 Å². The normalized spacial score (nSPS) is 12.1. The highest BCUT2D eigenvalue weighted by atomic mass is 35.5. The molecule has 3 nitrogen and oxygen atoms in total. The highest BCUT2D eigenvalue weighted by Crippen LogP contribution is 2.37. The Morgan fingerprint density at radius 2 is 1.65 bits per heavy atom. The van der Waals surface area contributed by atoms with Crippen molar-refractivity contribution in [1.29, 1.82) is 0 Å². The molecule has 142 valence electrons. The summed E-state index contributed by atoms with van der Waals surface area (Å²) < 4.78 is 11.7. The third kappa shape index (κ3) is 5.95. The lowest BCUT2D eigenvalue weighted by Crippen LogP contribution is -2.24. The molecule has 1 atom stereocenters. The van der Waals surface area contributed by atoms with E-state index in [1.807, 2.05) is 25.1 Å². The van der Waals surface area contributed by atoms with Gasteiger partial charge < -0.3 is 14.8 Å². The van der Waals surface area contributed by atoms with Crippen molar-refractivity contribution in [2.24, 2.45) is 0 Å². The van der Waals surface area contributed by atoms with Gasteiger partial charge in [0.25, 0.3) is 0 Å². The smallest absolute Gasteiger partial charge is 0.180 e. The summed E-state index contributed by atoms with van der Waals surface area (Å²) in [5.41, 5.74) is 1.96. The van der Waals surface area contributed by atoms with E-state index in [9.17, 15) is 0 Å². The second-order valence-corrected chi connectivity index (χ2v) is 7.29. The molecule has 6 heteroatoms. The average molecular weight is 417 g/mol. The summed E-state index contributed by atoms with van der Waals surface area (Å²) in [6.45, 7) is 7.81. The molecule has 0 spiro atoms. The van der Waals surface area contributed by atoms with E-state index < -0.39 is 0 Å². The van der Waals surface area contributed by atoms with Crippen LogP contribution in [-0.4, -0.2) is 12.6 Å². The fourth-order valence-corrected chi connectivity index (χ4v) is 2.96. The highest BCUT2D eigenvalue weighted by molar-refractivity contribution is 6.42. The molecule has 0 radical (unpaired) electrons. The maximum atomic E-state index is 6.46. The van der Waals surface area contributed by atoms with Gasteiger partial charge in [-0.2, -0.15) is 0 Å². The van der Waals surface area contributed by atoms with Gasteiger partial charge in [-0.15, -0.1) is 0 Å². The van der Waals surface area contributed by atoms with Gasteiger partial charge in [-0.1, -0.05) is 47.8 Å². The van der Waals surface area contributed by atoms with Crippen LogP contribution in [0.4, 0.5) is 0 Å². The minimum Gasteiger partial charge on any atom is -0.490 e. The number of nitrogens with one attached hydrogen (secondary N) is 1. The van der Waals surface area contributed by atoms with Crippen molar-refractivity contribution in [3.8, 4) is 11.5 Å². The van der Waals surface area contributed by atoms with Gasteiger partial charge >= 0.3 is 0 Å². The fourth-order valence-electron chi connectivity index (χ4n) is 2.35. The molecule has 0 heterocycles. The van der Waals surface area contributed by atoms with E-state index >= 15 is 0 Å². The average Bonchev–Trinajstić information content (AvgIpc) is 2.62. The molecule has 0 bridgehead atoms. The van der Waals surface area contributed by atoms with Crippen molar-refractivity contribution in [1.82, 2.24) is 5.32 Å². The Hall–Kier alpha value is -1.13. The number of rotatable bonds is 9. The van der Waals surface area contributed by atoms with Crippen LogP contribution in [0.1, 0.15) is 38.3 Å². The molecule has 2 rings (SSSR count). The van der Waals surface area contributed by atoms with Crippen LogP contribution in [0.25, 0.3) is 0 Å². The maximum absolute atomic E-state index is 6.46. The molecule has 0 fully saturated rings. The van der Waals surface area contributed by atoms with Gasteiger partial charge in [-0.3, -0.25) is 0 Å². The molecule has 0 aliphatic heterocycles. The van der Waals surface area contributed by atoms with Crippen LogP contribution in [0.5, 0.6) is 11.5 Å². The van der Waals surface area contributed by atoms with Gasteiger partial charge in [0.2, 0.25) is 0 Å². The maximum Gasteiger partial charge on any atom is 0.180 e. The van der Waals surface area contributed by atoms with Gasteiger partial charge in [0.05, 0.1) is 21.7 Å². The monoisotopic (exact) mass is 415 g/mol. The number of hydrogen-bond donors (Lipinski definition) is 1. The summed E-state index contributed by atoms with van der Waals surface area (Å²) in [4.78, 5) is 0. The van der Waals surface area contributed by atoms with Gasteiger partial charge in [-0.05, 0) is 55.7 Å². The van der Waals surface area contributed by atoms with E-state index in [2.05, 4.69) is 19.2 Å². The Bertz CT molecular complexity index is 737. The molecule has 0 aromatic heterocycles. The first-order valence-corrected chi connectivity index (χ1v) is 9.83. The first-order valence-electron chi connectivity index (χ1n) is 8.69. The molecule has 0 aliphatic rings. The fraction of sp³-hybridized carbons (Fsp3) is 0.400. The molecular weight excluding hydrogens is 393 g/mol. The lowest BCUT2D eigenvalue weighted by molar-refractivity contribution is 0.269. The van der Waals surface area contributed by atoms with Crippen LogP contribution in [0.3, 0.4) is 0 Å². The van der Waals surface area contributed by atoms with Gasteiger partial charge in [-0.25, -0.2) is 0 Å². The SMILES string of the molecule is CCOc1cc(CN[C@@H](C)CC)cc(Cl)c1OCc1ccc(Cl)c(Cl)c1. The third-order valence-electron chi connectivity index (χ3n) is 4.00. The summed E-state index contributed by atoms with van der Waals surface area (Å²) in [5.74, 6) is 1.17. The topological polar surface area (TPSA) is 30.5 Å². The van der Waals surface area contributed by atoms with Crippen LogP contribution >= 0.6 is 34.8 Å². The molecule has 0 amide bonds. The summed E-state index contributed by atoms with van der Waals surface area (Å²) in [5, 5.41) is 4.99. The minimum absolute atomic E-state index is 0.321. The van der Waals surface area contributed by atoms with E-state index in [0.29, 0.717) is 45.8 Å². The summed E-state index contributed by atoms with van der Waals surface area (Å²) in [7, 11) is 0. The van der Waals surface area contributed by atoms with Crippen molar-refractivity contribution >= 4 is 34.8 Å². The highest BCUT2D eigenvalue weighted by Gasteiger charge is 2.14. The molecule has 0 saturated carbocycles. The van der Waals surface area contributed by atoms with Gasteiger partial charge in [0.1, 0.15) is 6.61 Å². The van der Waals surface area contributed by atoms with Crippen molar-refractivity contribution in [3.63, 3.8) is 0 Å². The van der Waals surface area contributed by atoms with Crippen molar-refractivity contribution in [2.75, 3.05) is 6.61 Å². The van der Waals surface area contributed by atoms with Crippen LogP contribution in [0, 0.1) is 0 Å². The van der Waals surface area contributed by atoms with E-state index in [-0.39, 0.29) is 0 Å². The van der Waals surface area contributed by atoms with Crippen molar-refractivity contribution < 1.29 is 9.47 Å². The zero-order valence-corrected chi connectivity index (χ0v) is 17.5.